The second-order valence-corrected chi connectivity index (χ2v) is 12.9. The van der Waals surface area contributed by atoms with Crippen molar-refractivity contribution in [1.82, 2.24) is 0 Å². The van der Waals surface area contributed by atoms with Crippen LogP contribution < -0.4 is 10.6 Å². The standard InChI is InChI=1S/C29H34N2O7/c1-14(2)27-22(37-27)23-29(38-23)25(4)10-9-18-19(12-35-24(18)33)20(25)11-21-28(29,36-21)26(27,34)13-30-16-5-7-17(8-6-16)31-15(3)32/h5-8,14,20-23,30,34H,9-13H2,1-4H3,(H,31,32)/t20-,21-,22-,23-,25-,26-,27-,28+,29+/m0/s1. The maximum atomic E-state index is 12.9. The molecule has 0 aromatic heterocycles. The summed E-state index contributed by atoms with van der Waals surface area (Å²) in [5.41, 5.74) is -0.492. The van der Waals surface area contributed by atoms with E-state index in [1.54, 1.807) is 0 Å². The molecule has 4 aliphatic heterocycles. The summed E-state index contributed by atoms with van der Waals surface area (Å²) in [4.78, 5) is 23.8. The molecule has 5 fully saturated rings. The Morgan fingerprint density at radius 2 is 1.84 bits per heavy atom. The highest BCUT2D eigenvalue weighted by Gasteiger charge is 3.04. The lowest BCUT2D eigenvalue weighted by Crippen LogP contribution is -2.77. The summed E-state index contributed by atoms with van der Waals surface area (Å²) < 4.78 is 25.4. The number of cyclic esters (lactones) is 1. The molecule has 0 radical (unpaired) electrons. The number of benzene rings is 1. The van der Waals surface area contributed by atoms with Crippen molar-refractivity contribution in [2.75, 3.05) is 23.8 Å². The number of amides is 1. The van der Waals surface area contributed by atoms with Gasteiger partial charge in [0.05, 0.1) is 6.10 Å². The molecule has 3 saturated heterocycles. The van der Waals surface area contributed by atoms with Gasteiger partial charge in [-0.25, -0.2) is 4.79 Å². The lowest BCUT2D eigenvalue weighted by Gasteiger charge is -2.56. The molecule has 3 N–H and O–H groups in total. The molecule has 0 bridgehead atoms. The average molecular weight is 523 g/mol. The highest BCUT2D eigenvalue weighted by molar-refractivity contribution is 5.92. The number of epoxide rings is 3. The van der Waals surface area contributed by atoms with E-state index >= 15 is 0 Å². The minimum Gasteiger partial charge on any atom is -0.458 e. The molecule has 38 heavy (non-hydrogen) atoms. The summed E-state index contributed by atoms with van der Waals surface area (Å²) in [7, 11) is 0. The minimum absolute atomic E-state index is 0.0508. The lowest BCUT2D eigenvalue weighted by molar-refractivity contribution is -0.159. The topological polar surface area (TPSA) is 125 Å². The third kappa shape index (κ3) is 2.33. The van der Waals surface area contributed by atoms with E-state index in [2.05, 4.69) is 31.4 Å². The predicted octanol–water partition coefficient (Wildman–Crippen LogP) is 2.54. The summed E-state index contributed by atoms with van der Waals surface area (Å²) >= 11 is 0. The van der Waals surface area contributed by atoms with Crippen LogP contribution in [0.2, 0.25) is 0 Å². The van der Waals surface area contributed by atoms with Gasteiger partial charge in [-0.3, -0.25) is 4.79 Å². The molecular formula is C29H34N2O7. The van der Waals surface area contributed by atoms with Gasteiger partial charge >= 0.3 is 5.97 Å². The molecule has 0 unspecified atom stereocenters. The Hall–Kier alpha value is -2.46. The Morgan fingerprint density at radius 3 is 2.55 bits per heavy atom. The van der Waals surface area contributed by atoms with Crippen LogP contribution in [0.25, 0.3) is 0 Å². The molecule has 2 saturated carbocycles. The Bertz CT molecular complexity index is 1330. The summed E-state index contributed by atoms with van der Waals surface area (Å²) in [5.74, 6) is -0.136. The van der Waals surface area contributed by atoms with Gasteiger partial charge in [-0.2, -0.15) is 0 Å². The van der Waals surface area contributed by atoms with Crippen LogP contribution in [-0.2, 0) is 28.5 Å². The van der Waals surface area contributed by atoms with Gasteiger partial charge in [0.15, 0.2) is 5.60 Å². The van der Waals surface area contributed by atoms with Gasteiger partial charge in [0.1, 0.15) is 35.6 Å². The monoisotopic (exact) mass is 522 g/mol. The molecule has 4 heterocycles. The number of rotatable bonds is 5. The zero-order valence-corrected chi connectivity index (χ0v) is 22.1. The van der Waals surface area contributed by atoms with Gasteiger partial charge in [-0.15, -0.1) is 0 Å². The van der Waals surface area contributed by atoms with Crippen molar-refractivity contribution in [2.24, 2.45) is 17.3 Å². The van der Waals surface area contributed by atoms with Crippen LogP contribution in [0.15, 0.2) is 35.4 Å². The molecule has 9 heteroatoms. The average Bonchev–Trinajstić information content (AvgIpc) is 3.77. The van der Waals surface area contributed by atoms with Crippen molar-refractivity contribution >= 4 is 23.3 Å². The molecule has 9 nitrogen and oxygen atoms in total. The number of anilines is 2. The number of carbonyl (C=O) groups is 2. The first-order valence-electron chi connectivity index (χ1n) is 13.8. The molecule has 3 aliphatic carbocycles. The molecule has 8 rings (SSSR count). The fourth-order valence-electron chi connectivity index (χ4n) is 9.45. The zero-order chi connectivity index (χ0) is 26.5. The summed E-state index contributed by atoms with van der Waals surface area (Å²) in [6.45, 7) is 8.54. The number of ether oxygens (including phenoxy) is 4. The molecule has 9 atom stereocenters. The van der Waals surface area contributed by atoms with Crippen molar-refractivity contribution in [3.05, 3.63) is 35.4 Å². The quantitative estimate of drug-likeness (QED) is 0.398. The van der Waals surface area contributed by atoms with E-state index in [9.17, 15) is 14.7 Å². The number of esters is 1. The molecule has 1 aromatic carbocycles. The van der Waals surface area contributed by atoms with Crippen LogP contribution in [-0.4, -0.2) is 70.9 Å². The van der Waals surface area contributed by atoms with Gasteiger partial charge in [0.2, 0.25) is 5.91 Å². The molecule has 2 spiro atoms. The van der Waals surface area contributed by atoms with E-state index in [-0.39, 0.29) is 54.0 Å². The van der Waals surface area contributed by atoms with Gasteiger partial charge in [-0.1, -0.05) is 20.8 Å². The maximum Gasteiger partial charge on any atom is 0.334 e. The van der Waals surface area contributed by atoms with E-state index in [1.165, 1.54) is 6.92 Å². The first-order chi connectivity index (χ1) is 18.1. The van der Waals surface area contributed by atoms with E-state index in [0.717, 1.165) is 29.7 Å². The second kappa shape index (κ2) is 6.81. The first kappa shape index (κ1) is 23.4. The molecular weight excluding hydrogens is 488 g/mol. The normalized spacial score (nSPS) is 48.5. The fraction of sp³-hybridized carbons (Fsp3) is 0.655. The van der Waals surface area contributed by atoms with E-state index in [0.29, 0.717) is 18.7 Å². The van der Waals surface area contributed by atoms with E-state index in [4.69, 9.17) is 18.9 Å². The molecule has 202 valence electrons. The Balaban J connectivity index is 1.18. The maximum absolute atomic E-state index is 12.9. The van der Waals surface area contributed by atoms with Gasteiger partial charge < -0.3 is 34.7 Å². The third-order valence-corrected chi connectivity index (χ3v) is 11.1. The lowest BCUT2D eigenvalue weighted by atomic mass is 9.44. The number of aliphatic hydroxyl groups is 1. The smallest absolute Gasteiger partial charge is 0.334 e. The Kier molecular flexibility index (Phi) is 4.20. The van der Waals surface area contributed by atoms with E-state index < -0.39 is 22.4 Å². The van der Waals surface area contributed by atoms with Crippen LogP contribution >= 0.6 is 0 Å². The largest absolute Gasteiger partial charge is 0.458 e. The molecule has 1 amide bonds. The minimum atomic E-state index is -1.34. The zero-order valence-electron chi connectivity index (χ0n) is 22.1. The van der Waals surface area contributed by atoms with E-state index in [1.807, 2.05) is 24.3 Å². The summed E-state index contributed by atoms with van der Waals surface area (Å²) in [6.07, 6.45) is 1.64. The van der Waals surface area contributed by atoms with Crippen molar-refractivity contribution < 1.29 is 33.6 Å². The Morgan fingerprint density at radius 1 is 1.11 bits per heavy atom. The van der Waals surface area contributed by atoms with Crippen LogP contribution in [0.3, 0.4) is 0 Å². The predicted molar refractivity (Wildman–Crippen MR) is 135 cm³/mol. The van der Waals surface area contributed by atoms with Crippen molar-refractivity contribution in [3.8, 4) is 0 Å². The molecule has 7 aliphatic rings. The third-order valence-electron chi connectivity index (χ3n) is 11.1. The van der Waals surface area contributed by atoms with Gasteiger partial charge in [-0.05, 0) is 60.9 Å². The van der Waals surface area contributed by atoms with Crippen molar-refractivity contribution in [1.29, 1.82) is 0 Å². The number of hydrogen-bond donors (Lipinski definition) is 3. The number of carbonyl (C=O) groups excluding carboxylic acids is 2. The van der Waals surface area contributed by atoms with Crippen LogP contribution in [0.1, 0.15) is 47.0 Å². The van der Waals surface area contributed by atoms with Crippen molar-refractivity contribution in [2.45, 2.75) is 87.7 Å². The summed E-state index contributed by atoms with van der Waals surface area (Å²) in [5, 5.41) is 19.2. The number of nitrogens with one attached hydrogen (secondary N) is 2. The van der Waals surface area contributed by atoms with Gasteiger partial charge in [0.25, 0.3) is 0 Å². The SMILES string of the molecule is CC(=O)Nc1ccc(NC[C@@]2(O)[C@]34O[C@H]3C[C@H]3C5=C(CC[C@]3(C)[C@@]43O[C@H]3[C@@H]3O[C@@]32C(C)C)C(=O)OC5)cc1. The molecule has 1 aromatic rings. The second-order valence-electron chi connectivity index (χ2n) is 12.9. The Labute approximate surface area is 221 Å². The number of hydrogen-bond acceptors (Lipinski definition) is 8. The first-order valence-corrected chi connectivity index (χ1v) is 13.8. The fourth-order valence-corrected chi connectivity index (χ4v) is 9.45. The van der Waals surface area contributed by atoms with Gasteiger partial charge in [0, 0.05) is 35.8 Å². The van der Waals surface area contributed by atoms with Crippen LogP contribution in [0.5, 0.6) is 0 Å². The van der Waals surface area contributed by atoms with Crippen LogP contribution in [0, 0.1) is 17.3 Å². The summed E-state index contributed by atoms with van der Waals surface area (Å²) in [6, 6.07) is 7.46. The number of fused-ring (bicyclic) bond motifs is 4. The highest BCUT2D eigenvalue weighted by atomic mass is 16.7. The van der Waals surface area contributed by atoms with Crippen LogP contribution in [0.4, 0.5) is 11.4 Å². The highest BCUT2D eigenvalue weighted by Crippen LogP contribution is 2.85. The van der Waals surface area contributed by atoms with Crippen molar-refractivity contribution in [3.63, 3.8) is 0 Å².